The van der Waals surface area contributed by atoms with E-state index >= 15 is 0 Å². The average Bonchev–Trinajstić information content (AvgIpc) is 2.51. The van der Waals surface area contributed by atoms with Gasteiger partial charge in [0, 0.05) is 11.4 Å². The van der Waals surface area contributed by atoms with Crippen molar-refractivity contribution in [3.63, 3.8) is 0 Å². The second-order valence-electron chi connectivity index (χ2n) is 3.76. The minimum Gasteiger partial charge on any atom is -0.477 e. The van der Waals surface area contributed by atoms with Crippen LogP contribution in [0.3, 0.4) is 0 Å². The molecule has 0 saturated carbocycles. The summed E-state index contributed by atoms with van der Waals surface area (Å²) in [6, 6.07) is 0. The molecule has 0 aliphatic carbocycles. The first-order chi connectivity index (χ1) is 7.49. The largest absolute Gasteiger partial charge is 0.477 e. The van der Waals surface area contributed by atoms with E-state index in [0.717, 1.165) is 0 Å². The number of aliphatic hydroxyl groups excluding tert-OH is 1. The zero-order valence-electron chi connectivity index (χ0n) is 8.58. The number of hydrogen-bond donors (Lipinski definition) is 3. The van der Waals surface area contributed by atoms with Crippen molar-refractivity contribution in [1.82, 2.24) is 4.90 Å². The molecule has 0 aromatic rings. The SMILES string of the molecule is CC(O)C1C(=O)N2C(C(=O)O)=C(CN)S[C@@H]12. The summed E-state index contributed by atoms with van der Waals surface area (Å²) in [6.45, 7) is 1.63. The van der Waals surface area contributed by atoms with Crippen LogP contribution in [0.2, 0.25) is 0 Å². The van der Waals surface area contributed by atoms with Gasteiger partial charge in [0.2, 0.25) is 5.91 Å². The Morgan fingerprint density at radius 2 is 2.31 bits per heavy atom. The van der Waals surface area contributed by atoms with Crippen LogP contribution < -0.4 is 5.73 Å². The van der Waals surface area contributed by atoms with Crippen LogP contribution in [-0.4, -0.2) is 45.0 Å². The lowest BCUT2D eigenvalue weighted by Crippen LogP contribution is -2.60. The number of aliphatic carboxylic acids is 1. The number of aliphatic hydroxyl groups is 1. The summed E-state index contributed by atoms with van der Waals surface area (Å²) in [7, 11) is 0. The van der Waals surface area contributed by atoms with Gasteiger partial charge in [0.25, 0.3) is 0 Å². The molecule has 6 nitrogen and oxygen atoms in total. The Morgan fingerprint density at radius 3 is 2.75 bits per heavy atom. The number of carbonyl (C=O) groups is 2. The first-order valence-electron chi connectivity index (χ1n) is 4.83. The molecule has 0 aromatic carbocycles. The Balaban J connectivity index is 2.29. The normalized spacial score (nSPS) is 30.2. The second-order valence-corrected chi connectivity index (χ2v) is 4.98. The summed E-state index contributed by atoms with van der Waals surface area (Å²) in [5.74, 6) is -2.01. The zero-order chi connectivity index (χ0) is 12.0. The number of nitrogens with zero attached hydrogens (tertiary/aromatic N) is 1. The van der Waals surface area contributed by atoms with Gasteiger partial charge in [-0.05, 0) is 6.92 Å². The van der Waals surface area contributed by atoms with E-state index in [1.807, 2.05) is 0 Å². The molecule has 3 atom stereocenters. The maximum absolute atomic E-state index is 11.7. The fraction of sp³-hybridized carbons (Fsp3) is 0.556. The highest BCUT2D eigenvalue weighted by atomic mass is 32.2. The fourth-order valence-electron chi connectivity index (χ4n) is 2.00. The number of rotatable bonds is 3. The van der Waals surface area contributed by atoms with Gasteiger partial charge in [-0.15, -0.1) is 11.8 Å². The number of hydrogen-bond acceptors (Lipinski definition) is 5. The molecule has 2 rings (SSSR count). The lowest BCUT2D eigenvalue weighted by molar-refractivity contribution is -0.156. The van der Waals surface area contributed by atoms with Crippen LogP contribution in [-0.2, 0) is 9.59 Å². The van der Waals surface area contributed by atoms with Crippen LogP contribution in [0.4, 0.5) is 0 Å². The third-order valence-electron chi connectivity index (χ3n) is 2.76. The first kappa shape index (κ1) is 11.4. The lowest BCUT2D eigenvalue weighted by atomic mass is 9.92. The van der Waals surface area contributed by atoms with Crippen molar-refractivity contribution >= 4 is 23.6 Å². The maximum atomic E-state index is 11.7. The Labute approximate surface area is 96.1 Å². The number of β-lactam (4-membered cyclic amide) rings is 1. The van der Waals surface area contributed by atoms with E-state index in [-0.39, 0.29) is 23.5 Å². The van der Waals surface area contributed by atoms with E-state index in [9.17, 15) is 14.7 Å². The van der Waals surface area contributed by atoms with Crippen molar-refractivity contribution in [3.05, 3.63) is 10.6 Å². The van der Waals surface area contributed by atoms with Crippen molar-refractivity contribution < 1.29 is 19.8 Å². The van der Waals surface area contributed by atoms with Gasteiger partial charge in [-0.1, -0.05) is 0 Å². The number of thioether (sulfide) groups is 1. The number of amides is 1. The van der Waals surface area contributed by atoms with E-state index in [1.165, 1.54) is 23.6 Å². The van der Waals surface area contributed by atoms with Crippen LogP contribution in [0.1, 0.15) is 6.92 Å². The summed E-state index contributed by atoms with van der Waals surface area (Å²) < 4.78 is 0. The molecule has 1 saturated heterocycles. The maximum Gasteiger partial charge on any atom is 0.353 e. The van der Waals surface area contributed by atoms with Crippen LogP contribution >= 0.6 is 11.8 Å². The van der Waals surface area contributed by atoms with E-state index in [1.54, 1.807) is 0 Å². The van der Waals surface area contributed by atoms with E-state index in [0.29, 0.717) is 4.91 Å². The molecule has 2 heterocycles. The molecule has 16 heavy (non-hydrogen) atoms. The molecule has 0 radical (unpaired) electrons. The average molecular weight is 244 g/mol. The topological polar surface area (TPSA) is 104 Å². The Morgan fingerprint density at radius 1 is 1.69 bits per heavy atom. The van der Waals surface area contributed by atoms with Crippen molar-refractivity contribution in [1.29, 1.82) is 0 Å². The van der Waals surface area contributed by atoms with Gasteiger partial charge >= 0.3 is 5.97 Å². The summed E-state index contributed by atoms with van der Waals surface area (Å²) >= 11 is 1.26. The summed E-state index contributed by atoms with van der Waals surface area (Å²) in [6.07, 6.45) is -0.770. The van der Waals surface area contributed by atoms with Gasteiger partial charge in [-0.25, -0.2) is 4.79 Å². The minimum absolute atomic E-state index is 0.0283. The van der Waals surface area contributed by atoms with Gasteiger partial charge in [0.1, 0.15) is 11.1 Å². The lowest BCUT2D eigenvalue weighted by Gasteiger charge is -2.43. The Kier molecular flexibility index (Phi) is 2.69. The number of carboxylic acids is 1. The van der Waals surface area contributed by atoms with Gasteiger partial charge in [-0.2, -0.15) is 0 Å². The van der Waals surface area contributed by atoms with E-state index < -0.39 is 18.0 Å². The predicted molar refractivity (Wildman–Crippen MR) is 57.1 cm³/mol. The van der Waals surface area contributed by atoms with Crippen LogP contribution in [0.5, 0.6) is 0 Å². The molecule has 7 heteroatoms. The monoisotopic (exact) mass is 244 g/mol. The number of carbonyl (C=O) groups excluding carboxylic acids is 1. The first-order valence-corrected chi connectivity index (χ1v) is 5.71. The summed E-state index contributed by atoms with van der Waals surface area (Å²) in [5, 5.41) is 18.1. The van der Waals surface area contributed by atoms with Gasteiger partial charge in [0.05, 0.1) is 12.0 Å². The van der Waals surface area contributed by atoms with Crippen molar-refractivity contribution in [2.45, 2.75) is 18.4 Å². The number of carboxylic acid groups (broad SMARTS) is 1. The molecule has 0 bridgehead atoms. The molecule has 1 amide bonds. The minimum atomic E-state index is -1.15. The van der Waals surface area contributed by atoms with Gasteiger partial charge in [-0.3, -0.25) is 9.69 Å². The van der Waals surface area contributed by atoms with Crippen LogP contribution in [0, 0.1) is 5.92 Å². The smallest absolute Gasteiger partial charge is 0.353 e. The molecule has 2 aliphatic heterocycles. The Bertz CT molecular complexity index is 393. The molecular formula is C9H12N2O4S. The van der Waals surface area contributed by atoms with Crippen LogP contribution in [0.15, 0.2) is 10.6 Å². The van der Waals surface area contributed by atoms with Crippen molar-refractivity contribution in [2.24, 2.45) is 11.7 Å². The highest BCUT2D eigenvalue weighted by molar-refractivity contribution is 8.04. The quantitative estimate of drug-likeness (QED) is 0.559. The molecule has 88 valence electrons. The summed E-state index contributed by atoms with van der Waals surface area (Å²) in [4.78, 5) is 24.4. The molecule has 1 fully saturated rings. The zero-order valence-corrected chi connectivity index (χ0v) is 9.40. The Hall–Kier alpha value is -1.05. The number of nitrogens with two attached hydrogens (primary N) is 1. The van der Waals surface area contributed by atoms with Crippen molar-refractivity contribution in [2.75, 3.05) is 6.54 Å². The molecule has 0 spiro atoms. The van der Waals surface area contributed by atoms with Crippen molar-refractivity contribution in [3.8, 4) is 0 Å². The van der Waals surface area contributed by atoms with E-state index in [4.69, 9.17) is 10.8 Å². The highest BCUT2D eigenvalue weighted by Crippen LogP contribution is 2.49. The standard InChI is InChI=1S/C9H12N2O4S/c1-3(12)5-7(13)11-6(9(14)15)4(2-10)16-8(5)11/h3,5,8,12H,2,10H2,1H3,(H,14,15)/t3?,5?,8-/m0/s1. The summed E-state index contributed by atoms with van der Waals surface area (Å²) in [5.41, 5.74) is 5.41. The number of fused-ring (bicyclic) bond motifs is 1. The van der Waals surface area contributed by atoms with Gasteiger partial charge in [0.15, 0.2) is 0 Å². The fourth-order valence-corrected chi connectivity index (χ4v) is 3.49. The van der Waals surface area contributed by atoms with E-state index in [2.05, 4.69) is 0 Å². The second kappa shape index (κ2) is 3.76. The molecular weight excluding hydrogens is 232 g/mol. The van der Waals surface area contributed by atoms with Gasteiger partial charge < -0.3 is 15.9 Å². The van der Waals surface area contributed by atoms with Crippen LogP contribution in [0.25, 0.3) is 0 Å². The predicted octanol–water partition coefficient (Wildman–Crippen LogP) is -0.847. The molecule has 2 aliphatic rings. The molecule has 2 unspecified atom stereocenters. The third-order valence-corrected chi connectivity index (χ3v) is 4.15. The third kappa shape index (κ3) is 1.35. The molecule has 4 N–H and O–H groups in total. The molecule has 0 aromatic heterocycles. The highest BCUT2D eigenvalue weighted by Gasteiger charge is 2.57.